The third-order valence-corrected chi connectivity index (χ3v) is 14.8. The minimum absolute atomic E-state index is 0.0346. The van der Waals surface area contributed by atoms with Crippen molar-refractivity contribution in [1.29, 1.82) is 0 Å². The van der Waals surface area contributed by atoms with Crippen LogP contribution in [0.1, 0.15) is 130 Å². The van der Waals surface area contributed by atoms with Crippen LogP contribution in [0.3, 0.4) is 0 Å². The Morgan fingerprint density at radius 2 is 1.55 bits per heavy atom. The Bertz CT molecular complexity index is 854. The zero-order valence-electron chi connectivity index (χ0n) is 24.8. The first kappa shape index (κ1) is 26.3. The molecular weight excluding hydrogens is 468 g/mol. The lowest BCUT2D eigenvalue weighted by atomic mass is 9.44. The highest BCUT2D eigenvalue weighted by molar-refractivity contribution is 5.69. The molecule has 8 saturated carbocycles. The Labute approximate surface area is 232 Å². The topological polar surface area (TPSA) is 35.5 Å². The van der Waals surface area contributed by atoms with Crippen molar-refractivity contribution in [3.05, 3.63) is 0 Å². The van der Waals surface area contributed by atoms with Gasteiger partial charge in [-0.2, -0.15) is 0 Å². The summed E-state index contributed by atoms with van der Waals surface area (Å²) < 4.78 is 11.9. The van der Waals surface area contributed by atoms with Crippen LogP contribution >= 0.6 is 0 Å². The van der Waals surface area contributed by atoms with Gasteiger partial charge in [0.05, 0.1) is 6.10 Å². The van der Waals surface area contributed by atoms with E-state index in [-0.39, 0.29) is 12.8 Å². The molecule has 38 heavy (non-hydrogen) atoms. The van der Waals surface area contributed by atoms with Crippen LogP contribution in [0.4, 0.5) is 0 Å². The van der Waals surface area contributed by atoms with Crippen molar-refractivity contribution >= 4 is 5.97 Å². The normalized spacial score (nSPS) is 51.7. The Balaban J connectivity index is 0.897. The van der Waals surface area contributed by atoms with Gasteiger partial charge in [0.15, 0.2) is 6.79 Å². The van der Waals surface area contributed by atoms with Gasteiger partial charge in [0.2, 0.25) is 0 Å². The summed E-state index contributed by atoms with van der Waals surface area (Å²) in [5, 5.41) is 0. The summed E-state index contributed by atoms with van der Waals surface area (Å²) in [6.07, 6.45) is 23.5. The summed E-state index contributed by atoms with van der Waals surface area (Å²) in [5.41, 5.74) is 1.12. The molecule has 3 nitrogen and oxygen atoms in total. The molecule has 0 saturated heterocycles. The average Bonchev–Trinajstić information content (AvgIpc) is 3.25. The van der Waals surface area contributed by atoms with E-state index in [0.717, 1.165) is 59.7 Å². The van der Waals surface area contributed by atoms with Gasteiger partial charge in [-0.3, -0.25) is 4.79 Å². The van der Waals surface area contributed by atoms with Gasteiger partial charge in [-0.1, -0.05) is 33.6 Å². The van der Waals surface area contributed by atoms with E-state index >= 15 is 0 Å². The van der Waals surface area contributed by atoms with E-state index in [1.54, 1.807) is 0 Å². The number of hydrogen-bond acceptors (Lipinski definition) is 3. The number of carbonyl (C=O) groups is 1. The minimum Gasteiger partial charge on any atom is -0.438 e. The second-order valence-electron chi connectivity index (χ2n) is 16.3. The predicted molar refractivity (Wildman–Crippen MR) is 151 cm³/mol. The number of esters is 1. The van der Waals surface area contributed by atoms with Crippen molar-refractivity contribution in [3.8, 4) is 0 Å². The monoisotopic (exact) mass is 524 g/mol. The van der Waals surface area contributed by atoms with Crippen molar-refractivity contribution in [3.63, 3.8) is 0 Å². The molecule has 0 spiro atoms. The molecule has 1 unspecified atom stereocenters. The molecule has 8 aliphatic rings. The van der Waals surface area contributed by atoms with Crippen LogP contribution in [0.5, 0.6) is 0 Å². The first-order valence-electron chi connectivity index (χ1n) is 17.1. The number of rotatable bonds is 7. The van der Waals surface area contributed by atoms with Crippen molar-refractivity contribution in [2.24, 2.45) is 70.0 Å². The van der Waals surface area contributed by atoms with E-state index in [1.807, 2.05) is 0 Å². The van der Waals surface area contributed by atoms with Crippen LogP contribution in [-0.4, -0.2) is 18.9 Å². The molecule has 8 atom stereocenters. The Hall–Kier alpha value is -0.570. The lowest BCUT2D eigenvalue weighted by Gasteiger charge is -2.61. The summed E-state index contributed by atoms with van der Waals surface area (Å²) in [4.78, 5) is 12.7. The van der Waals surface area contributed by atoms with Gasteiger partial charge < -0.3 is 9.47 Å². The molecule has 0 N–H and O–H groups in total. The Morgan fingerprint density at radius 3 is 2.32 bits per heavy atom. The molecule has 4 bridgehead atoms. The van der Waals surface area contributed by atoms with Crippen LogP contribution in [0.15, 0.2) is 0 Å². The fourth-order valence-corrected chi connectivity index (χ4v) is 13.2. The largest absolute Gasteiger partial charge is 0.438 e. The molecule has 8 aliphatic carbocycles. The maximum absolute atomic E-state index is 12.7. The molecule has 214 valence electrons. The molecule has 0 aromatic carbocycles. The first-order chi connectivity index (χ1) is 18.3. The van der Waals surface area contributed by atoms with Gasteiger partial charge in [0.25, 0.3) is 0 Å². The molecule has 3 heteroatoms. The number of carbonyl (C=O) groups excluding carboxylic acids is 1. The van der Waals surface area contributed by atoms with Crippen LogP contribution in [0.25, 0.3) is 0 Å². The lowest BCUT2D eigenvalue weighted by molar-refractivity contribution is -0.186. The minimum atomic E-state index is -0.0346. The summed E-state index contributed by atoms with van der Waals surface area (Å²) in [5.74, 6) is 8.62. The highest BCUT2D eigenvalue weighted by atomic mass is 16.7. The Kier molecular flexibility index (Phi) is 6.97. The molecule has 0 amide bonds. The maximum Gasteiger partial charge on any atom is 0.307 e. The standard InChI is InChI=1S/C35H56O3/c1-22(7-12-32(36)37-21-38-33-25-17-23-16-24(19-25)20-26(33)18-23)29-10-11-30-28-9-8-27-6-4-5-14-34(27,2)31(28)13-15-35(29,30)3/h22-31,33H,4-21H2,1-3H3/t22-,23?,24?,25?,26?,27?,28+,29-,30+,31+,33?,34+,35-/m1/s1. The molecule has 8 rings (SSSR count). The van der Waals surface area contributed by atoms with E-state index in [4.69, 9.17) is 9.47 Å². The molecule has 0 aromatic heterocycles. The smallest absolute Gasteiger partial charge is 0.307 e. The van der Waals surface area contributed by atoms with E-state index in [0.29, 0.717) is 29.3 Å². The van der Waals surface area contributed by atoms with E-state index in [2.05, 4.69) is 20.8 Å². The lowest BCUT2D eigenvalue weighted by Crippen LogP contribution is -2.53. The van der Waals surface area contributed by atoms with Crippen molar-refractivity contribution in [1.82, 2.24) is 0 Å². The SMILES string of the molecule is C[C@H](CCC(=O)OCOC1C2CC3CC(C2)CC1C3)[C@H]1CC[C@H]2[C@@H]3CCC4CCCC[C@]4(C)[C@H]3CC[C@]12C. The van der Waals surface area contributed by atoms with Crippen LogP contribution < -0.4 is 0 Å². The summed E-state index contributed by atoms with van der Waals surface area (Å²) >= 11 is 0. The number of hydrogen-bond donors (Lipinski definition) is 0. The van der Waals surface area contributed by atoms with Crippen LogP contribution in [-0.2, 0) is 14.3 Å². The second-order valence-corrected chi connectivity index (χ2v) is 16.3. The van der Waals surface area contributed by atoms with Gasteiger partial charge >= 0.3 is 5.97 Å². The van der Waals surface area contributed by atoms with Gasteiger partial charge in [-0.15, -0.1) is 0 Å². The van der Waals surface area contributed by atoms with E-state index in [9.17, 15) is 4.79 Å². The van der Waals surface area contributed by atoms with Crippen molar-refractivity contribution in [2.45, 2.75) is 136 Å². The highest BCUT2D eigenvalue weighted by Crippen LogP contribution is 2.68. The highest BCUT2D eigenvalue weighted by Gasteiger charge is 2.60. The molecule has 0 aliphatic heterocycles. The Morgan fingerprint density at radius 1 is 0.816 bits per heavy atom. The summed E-state index contributed by atoms with van der Waals surface area (Å²) in [6.45, 7) is 7.99. The zero-order valence-corrected chi connectivity index (χ0v) is 24.8. The number of fused-ring (bicyclic) bond motifs is 5. The summed E-state index contributed by atoms with van der Waals surface area (Å²) in [7, 11) is 0. The summed E-state index contributed by atoms with van der Waals surface area (Å²) in [6, 6.07) is 0. The zero-order chi connectivity index (χ0) is 26.1. The van der Waals surface area contributed by atoms with Gasteiger partial charge in [0, 0.05) is 6.42 Å². The number of ether oxygens (including phenoxy) is 2. The van der Waals surface area contributed by atoms with Crippen LogP contribution in [0, 0.1) is 70.0 Å². The second kappa shape index (κ2) is 10.1. The third kappa shape index (κ3) is 4.34. The molecular formula is C35H56O3. The maximum atomic E-state index is 12.7. The van der Waals surface area contributed by atoms with E-state index < -0.39 is 0 Å². The van der Waals surface area contributed by atoms with Gasteiger partial charge in [0.1, 0.15) is 0 Å². The van der Waals surface area contributed by atoms with Gasteiger partial charge in [-0.25, -0.2) is 0 Å². The molecule has 0 radical (unpaired) electrons. The fourth-order valence-electron chi connectivity index (χ4n) is 13.2. The van der Waals surface area contributed by atoms with E-state index in [1.165, 1.54) is 96.3 Å². The van der Waals surface area contributed by atoms with Crippen molar-refractivity contribution in [2.75, 3.05) is 6.79 Å². The first-order valence-corrected chi connectivity index (χ1v) is 17.1. The van der Waals surface area contributed by atoms with Crippen molar-refractivity contribution < 1.29 is 14.3 Å². The fraction of sp³-hybridized carbons (Fsp3) is 0.971. The average molecular weight is 525 g/mol. The third-order valence-electron chi connectivity index (χ3n) is 14.8. The molecule has 0 heterocycles. The van der Waals surface area contributed by atoms with Crippen LogP contribution in [0.2, 0.25) is 0 Å². The molecule has 8 fully saturated rings. The quantitative estimate of drug-likeness (QED) is 0.247. The van der Waals surface area contributed by atoms with Gasteiger partial charge in [-0.05, 0) is 160 Å². The molecule has 0 aromatic rings. The predicted octanol–water partition coefficient (Wildman–Crippen LogP) is 8.79.